The third-order valence-electron chi connectivity index (χ3n) is 4.84. The van der Waals surface area contributed by atoms with Crippen LogP contribution in [0.3, 0.4) is 0 Å². The molecule has 0 bridgehead atoms. The van der Waals surface area contributed by atoms with Crippen LogP contribution in [0.2, 0.25) is 5.02 Å². The summed E-state index contributed by atoms with van der Waals surface area (Å²) in [6.07, 6.45) is -0.268. The summed E-state index contributed by atoms with van der Waals surface area (Å²) in [6, 6.07) is 7.19. The molecule has 5 nitrogen and oxygen atoms in total. The Morgan fingerprint density at radius 3 is 2.50 bits per heavy atom. The molecule has 1 saturated heterocycles. The lowest BCUT2D eigenvalue weighted by molar-refractivity contribution is -0.152. The molecule has 6 heteroatoms. The van der Waals surface area contributed by atoms with Crippen molar-refractivity contribution in [2.75, 3.05) is 32.7 Å². The number of aliphatic hydroxyl groups is 2. The predicted molar refractivity (Wildman–Crippen MR) is 95.1 cm³/mol. The van der Waals surface area contributed by atoms with E-state index in [4.69, 9.17) is 11.6 Å². The summed E-state index contributed by atoms with van der Waals surface area (Å²) in [7, 11) is 0. The fraction of sp³-hybridized carbons (Fsp3) is 0.611. The van der Waals surface area contributed by atoms with Gasteiger partial charge in [0.05, 0.1) is 6.42 Å². The highest BCUT2D eigenvalue weighted by Gasteiger charge is 2.42. The van der Waals surface area contributed by atoms with Crippen LogP contribution in [0.15, 0.2) is 24.3 Å². The number of hydrogen-bond donors (Lipinski definition) is 2. The highest BCUT2D eigenvalue weighted by molar-refractivity contribution is 6.30. The Morgan fingerprint density at radius 2 is 1.96 bits per heavy atom. The quantitative estimate of drug-likeness (QED) is 0.813. The number of aliphatic hydroxyl groups excluding tert-OH is 1. The van der Waals surface area contributed by atoms with Crippen LogP contribution in [0.1, 0.15) is 25.8 Å². The van der Waals surface area contributed by atoms with Crippen molar-refractivity contribution in [3.63, 3.8) is 0 Å². The monoisotopic (exact) mass is 354 g/mol. The molecular formula is C18H27ClN2O3. The Hall–Kier alpha value is -1.14. The molecule has 1 aromatic rings. The summed E-state index contributed by atoms with van der Waals surface area (Å²) in [5, 5.41) is 21.8. The number of halogens is 1. The first kappa shape index (κ1) is 19.2. The van der Waals surface area contributed by atoms with Crippen molar-refractivity contribution in [1.29, 1.82) is 0 Å². The molecule has 0 aliphatic carbocycles. The van der Waals surface area contributed by atoms with Crippen molar-refractivity contribution < 1.29 is 15.0 Å². The zero-order valence-corrected chi connectivity index (χ0v) is 15.2. The molecule has 2 N–H and O–H groups in total. The number of benzene rings is 1. The summed E-state index contributed by atoms with van der Waals surface area (Å²) >= 11 is 5.85. The second-order valence-electron chi connectivity index (χ2n) is 6.47. The topological polar surface area (TPSA) is 64.0 Å². The molecule has 1 heterocycles. The van der Waals surface area contributed by atoms with Gasteiger partial charge < -0.3 is 20.0 Å². The predicted octanol–water partition coefficient (Wildman–Crippen LogP) is 1.55. The van der Waals surface area contributed by atoms with Crippen molar-refractivity contribution in [2.24, 2.45) is 0 Å². The highest BCUT2D eigenvalue weighted by Crippen LogP contribution is 2.24. The third kappa shape index (κ3) is 4.70. The largest absolute Gasteiger partial charge is 0.388 e. The molecule has 134 valence electrons. The van der Waals surface area contributed by atoms with Crippen LogP contribution in [0.5, 0.6) is 0 Å². The molecule has 0 spiro atoms. The third-order valence-corrected chi connectivity index (χ3v) is 5.09. The van der Waals surface area contributed by atoms with Gasteiger partial charge in [-0.05, 0) is 37.2 Å². The van der Waals surface area contributed by atoms with E-state index in [0.717, 1.165) is 18.7 Å². The number of nitrogens with zero attached hydrogens (tertiary/aromatic N) is 2. The van der Waals surface area contributed by atoms with Gasteiger partial charge in [-0.15, -0.1) is 0 Å². The van der Waals surface area contributed by atoms with Crippen molar-refractivity contribution in [3.05, 3.63) is 34.9 Å². The standard InChI is InChI=1S/C18H27ClN2O3/c1-3-20(4-2)13-18(24)9-10-21(12-16(18)22)17(23)11-14-5-7-15(19)8-6-14/h5-8,16,22,24H,3-4,9-13H2,1-2H3/t16-,18-/m0/s1. The number of β-amino-alcohol motifs (C(OH)–C–C–N with tert-alkyl or cyclic N) is 1. The van der Waals surface area contributed by atoms with Gasteiger partial charge in [-0.1, -0.05) is 37.6 Å². The van der Waals surface area contributed by atoms with Gasteiger partial charge in [0.1, 0.15) is 11.7 Å². The molecule has 1 fully saturated rings. The van der Waals surface area contributed by atoms with E-state index in [9.17, 15) is 15.0 Å². The zero-order valence-electron chi connectivity index (χ0n) is 14.4. The van der Waals surface area contributed by atoms with E-state index in [2.05, 4.69) is 4.90 Å². The number of amides is 1. The van der Waals surface area contributed by atoms with E-state index in [1.165, 1.54) is 0 Å². The van der Waals surface area contributed by atoms with Gasteiger partial charge >= 0.3 is 0 Å². The summed E-state index contributed by atoms with van der Waals surface area (Å²) < 4.78 is 0. The van der Waals surface area contributed by atoms with E-state index in [0.29, 0.717) is 24.5 Å². The van der Waals surface area contributed by atoms with Crippen LogP contribution in [0.25, 0.3) is 0 Å². The maximum atomic E-state index is 12.4. The molecule has 2 atom stereocenters. The Morgan fingerprint density at radius 1 is 1.33 bits per heavy atom. The number of hydrogen-bond acceptors (Lipinski definition) is 4. The van der Waals surface area contributed by atoms with Gasteiger partial charge in [0.2, 0.25) is 5.91 Å². The average molecular weight is 355 g/mol. The molecular weight excluding hydrogens is 328 g/mol. The summed E-state index contributed by atoms with van der Waals surface area (Å²) in [5.74, 6) is -0.0405. The van der Waals surface area contributed by atoms with Gasteiger partial charge in [-0.3, -0.25) is 4.79 Å². The van der Waals surface area contributed by atoms with Crippen molar-refractivity contribution in [1.82, 2.24) is 9.80 Å². The van der Waals surface area contributed by atoms with Crippen molar-refractivity contribution >= 4 is 17.5 Å². The van der Waals surface area contributed by atoms with Crippen molar-refractivity contribution in [3.8, 4) is 0 Å². The molecule has 24 heavy (non-hydrogen) atoms. The lowest BCUT2D eigenvalue weighted by Crippen LogP contribution is -2.61. The normalized spacial score (nSPS) is 24.4. The van der Waals surface area contributed by atoms with E-state index < -0.39 is 11.7 Å². The first-order valence-corrected chi connectivity index (χ1v) is 8.90. The van der Waals surface area contributed by atoms with Gasteiger partial charge in [0.25, 0.3) is 0 Å². The molecule has 0 unspecified atom stereocenters. The number of likely N-dealkylation sites (N-methyl/N-ethyl adjacent to an activating group) is 1. The number of carbonyl (C=O) groups is 1. The van der Waals surface area contributed by atoms with Crippen LogP contribution in [0.4, 0.5) is 0 Å². The van der Waals surface area contributed by atoms with Crippen LogP contribution in [0, 0.1) is 0 Å². The lowest BCUT2D eigenvalue weighted by atomic mass is 9.87. The summed E-state index contributed by atoms with van der Waals surface area (Å²) in [5.41, 5.74) is -0.258. The number of piperidine rings is 1. The minimum absolute atomic E-state index is 0.0405. The maximum absolute atomic E-state index is 12.4. The zero-order chi connectivity index (χ0) is 17.7. The second kappa shape index (κ2) is 8.30. The van der Waals surface area contributed by atoms with E-state index >= 15 is 0 Å². The first-order chi connectivity index (χ1) is 11.4. The van der Waals surface area contributed by atoms with Crippen LogP contribution < -0.4 is 0 Å². The number of likely N-dealkylation sites (tertiary alicyclic amines) is 1. The molecule has 1 aliphatic heterocycles. The minimum Gasteiger partial charge on any atom is -0.388 e. The minimum atomic E-state index is -1.15. The molecule has 0 radical (unpaired) electrons. The summed E-state index contributed by atoms with van der Waals surface area (Å²) in [6.45, 7) is 6.77. The SMILES string of the molecule is CCN(CC)C[C@@]1(O)CCN(C(=O)Cc2ccc(Cl)cc2)C[C@@H]1O. The molecule has 0 saturated carbocycles. The van der Waals surface area contributed by atoms with E-state index in [-0.39, 0.29) is 18.9 Å². The Kier molecular flexibility index (Phi) is 6.63. The summed E-state index contributed by atoms with van der Waals surface area (Å²) in [4.78, 5) is 16.2. The molecule has 1 aromatic carbocycles. The van der Waals surface area contributed by atoms with E-state index in [1.54, 1.807) is 17.0 Å². The number of carbonyl (C=O) groups excluding carboxylic acids is 1. The van der Waals surface area contributed by atoms with E-state index in [1.807, 2.05) is 26.0 Å². The number of rotatable bonds is 6. The highest BCUT2D eigenvalue weighted by atomic mass is 35.5. The maximum Gasteiger partial charge on any atom is 0.227 e. The first-order valence-electron chi connectivity index (χ1n) is 8.53. The molecule has 2 rings (SSSR count). The van der Waals surface area contributed by atoms with Crippen LogP contribution >= 0.6 is 11.6 Å². The Labute approximate surface area is 148 Å². The Bertz CT molecular complexity index is 548. The smallest absolute Gasteiger partial charge is 0.227 e. The molecule has 0 aromatic heterocycles. The fourth-order valence-corrected chi connectivity index (χ4v) is 3.23. The second-order valence-corrected chi connectivity index (χ2v) is 6.91. The van der Waals surface area contributed by atoms with Gasteiger partial charge in [0, 0.05) is 24.7 Å². The van der Waals surface area contributed by atoms with Crippen LogP contribution in [-0.2, 0) is 11.2 Å². The van der Waals surface area contributed by atoms with Crippen LogP contribution in [-0.4, -0.2) is 70.3 Å². The molecule has 1 amide bonds. The fourth-order valence-electron chi connectivity index (χ4n) is 3.10. The van der Waals surface area contributed by atoms with Gasteiger partial charge in [0.15, 0.2) is 0 Å². The average Bonchev–Trinajstić information content (AvgIpc) is 2.57. The Balaban J connectivity index is 1.94. The molecule has 1 aliphatic rings. The lowest BCUT2D eigenvalue weighted by Gasteiger charge is -2.44. The van der Waals surface area contributed by atoms with Gasteiger partial charge in [-0.25, -0.2) is 0 Å². The van der Waals surface area contributed by atoms with Crippen molar-refractivity contribution in [2.45, 2.75) is 38.4 Å². The van der Waals surface area contributed by atoms with Gasteiger partial charge in [-0.2, -0.15) is 0 Å².